The van der Waals surface area contributed by atoms with Crippen LogP contribution in [0.1, 0.15) is 12.5 Å². The molecule has 0 saturated carbocycles. The van der Waals surface area contributed by atoms with Crippen molar-refractivity contribution in [3.63, 3.8) is 0 Å². The van der Waals surface area contributed by atoms with Crippen molar-refractivity contribution in [1.29, 1.82) is 0 Å². The summed E-state index contributed by atoms with van der Waals surface area (Å²) in [7, 11) is 3.17. The van der Waals surface area contributed by atoms with Crippen molar-refractivity contribution in [2.45, 2.75) is 25.6 Å². The third-order valence-electron chi connectivity index (χ3n) is 3.54. The first-order chi connectivity index (χ1) is 10.2. The van der Waals surface area contributed by atoms with E-state index in [9.17, 15) is 4.79 Å². The van der Waals surface area contributed by atoms with Crippen LogP contribution >= 0.6 is 0 Å². The molecule has 2 atom stereocenters. The van der Waals surface area contributed by atoms with Gasteiger partial charge in [-0.1, -0.05) is 12.1 Å². The standard InChI is InChI=1S/C15H22N2O4/c1-10-13(16-7-8-21-10)15(18)17-9-11-5-4-6-12(19-2)14(11)20-3/h4-6,10,13,16H,7-9H2,1-3H3,(H,17,18)/t10-,13+/m1/s1. The van der Waals surface area contributed by atoms with Crippen LogP contribution in [0, 0.1) is 0 Å². The first-order valence-corrected chi connectivity index (χ1v) is 7.00. The molecule has 0 aromatic heterocycles. The fourth-order valence-electron chi connectivity index (χ4n) is 2.41. The molecule has 1 saturated heterocycles. The molecule has 1 heterocycles. The number of benzene rings is 1. The molecule has 1 fully saturated rings. The Morgan fingerprint density at radius 1 is 1.43 bits per heavy atom. The summed E-state index contributed by atoms with van der Waals surface area (Å²) in [6.45, 7) is 3.59. The fourth-order valence-corrected chi connectivity index (χ4v) is 2.41. The zero-order chi connectivity index (χ0) is 15.2. The molecule has 6 nitrogen and oxygen atoms in total. The van der Waals surface area contributed by atoms with Gasteiger partial charge in [-0.05, 0) is 13.0 Å². The van der Waals surface area contributed by atoms with Crippen molar-refractivity contribution < 1.29 is 19.0 Å². The number of morpholine rings is 1. The van der Waals surface area contributed by atoms with Crippen molar-refractivity contribution in [2.75, 3.05) is 27.4 Å². The number of nitrogens with one attached hydrogen (secondary N) is 2. The average Bonchev–Trinajstić information content (AvgIpc) is 2.52. The molecule has 1 aliphatic heterocycles. The molecule has 21 heavy (non-hydrogen) atoms. The highest BCUT2D eigenvalue weighted by Crippen LogP contribution is 2.30. The molecule has 1 aromatic carbocycles. The van der Waals surface area contributed by atoms with Gasteiger partial charge in [0.1, 0.15) is 6.04 Å². The van der Waals surface area contributed by atoms with E-state index < -0.39 is 0 Å². The van der Waals surface area contributed by atoms with Gasteiger partial charge < -0.3 is 24.8 Å². The van der Waals surface area contributed by atoms with Crippen LogP contribution < -0.4 is 20.1 Å². The molecular weight excluding hydrogens is 272 g/mol. The van der Waals surface area contributed by atoms with Crippen LogP contribution in [-0.4, -0.2) is 45.4 Å². The first kappa shape index (κ1) is 15.6. The highest BCUT2D eigenvalue weighted by atomic mass is 16.5. The van der Waals surface area contributed by atoms with E-state index in [2.05, 4.69) is 10.6 Å². The van der Waals surface area contributed by atoms with Gasteiger partial charge in [0.15, 0.2) is 11.5 Å². The maximum Gasteiger partial charge on any atom is 0.240 e. The Kier molecular flexibility index (Phi) is 5.41. The monoisotopic (exact) mass is 294 g/mol. The Morgan fingerprint density at radius 2 is 2.24 bits per heavy atom. The molecule has 0 bridgehead atoms. The van der Waals surface area contributed by atoms with Gasteiger partial charge in [-0.3, -0.25) is 4.79 Å². The number of para-hydroxylation sites is 1. The SMILES string of the molecule is COc1cccc(CNC(=O)[C@H]2NCCO[C@@H]2C)c1OC. The summed E-state index contributed by atoms with van der Waals surface area (Å²) < 4.78 is 16.1. The second-order valence-electron chi connectivity index (χ2n) is 4.88. The van der Waals surface area contributed by atoms with E-state index in [1.54, 1.807) is 14.2 Å². The minimum Gasteiger partial charge on any atom is -0.493 e. The van der Waals surface area contributed by atoms with Crippen molar-refractivity contribution in [3.05, 3.63) is 23.8 Å². The van der Waals surface area contributed by atoms with Crippen molar-refractivity contribution >= 4 is 5.91 Å². The van der Waals surface area contributed by atoms with Crippen LogP contribution in [0.2, 0.25) is 0 Å². The minimum atomic E-state index is -0.324. The molecule has 0 unspecified atom stereocenters. The Hall–Kier alpha value is -1.79. The van der Waals surface area contributed by atoms with E-state index in [0.717, 1.165) is 5.56 Å². The Labute approximate surface area is 124 Å². The van der Waals surface area contributed by atoms with Crippen LogP contribution in [-0.2, 0) is 16.1 Å². The maximum absolute atomic E-state index is 12.2. The third kappa shape index (κ3) is 3.65. The van der Waals surface area contributed by atoms with E-state index in [1.165, 1.54) is 0 Å². The maximum atomic E-state index is 12.2. The van der Waals surface area contributed by atoms with Gasteiger partial charge >= 0.3 is 0 Å². The molecule has 0 radical (unpaired) electrons. The van der Waals surface area contributed by atoms with E-state index in [1.807, 2.05) is 25.1 Å². The summed E-state index contributed by atoms with van der Waals surface area (Å²) in [6, 6.07) is 5.27. The smallest absolute Gasteiger partial charge is 0.240 e. The molecular formula is C15H22N2O4. The quantitative estimate of drug-likeness (QED) is 0.836. The summed E-state index contributed by atoms with van der Waals surface area (Å²) in [4.78, 5) is 12.2. The number of hydrogen-bond donors (Lipinski definition) is 2. The summed E-state index contributed by atoms with van der Waals surface area (Å²) in [6.07, 6.45) is -0.133. The predicted molar refractivity (Wildman–Crippen MR) is 78.6 cm³/mol. The molecule has 2 rings (SSSR count). The molecule has 116 valence electrons. The van der Waals surface area contributed by atoms with Gasteiger partial charge in [-0.25, -0.2) is 0 Å². The molecule has 6 heteroatoms. The van der Waals surface area contributed by atoms with Crippen molar-refractivity contribution in [3.8, 4) is 11.5 Å². The van der Waals surface area contributed by atoms with Gasteiger partial charge in [0.2, 0.25) is 5.91 Å². The lowest BCUT2D eigenvalue weighted by Crippen LogP contribution is -2.55. The summed E-state index contributed by atoms with van der Waals surface area (Å²) in [5.41, 5.74) is 0.870. The van der Waals surface area contributed by atoms with Gasteiger partial charge in [0.25, 0.3) is 0 Å². The first-order valence-electron chi connectivity index (χ1n) is 7.00. The van der Waals surface area contributed by atoms with Gasteiger partial charge in [0.05, 0.1) is 26.9 Å². The molecule has 0 spiro atoms. The van der Waals surface area contributed by atoms with Crippen LogP contribution in [0.5, 0.6) is 11.5 Å². The van der Waals surface area contributed by atoms with Crippen LogP contribution in [0.25, 0.3) is 0 Å². The lowest BCUT2D eigenvalue weighted by Gasteiger charge is -2.29. The van der Waals surface area contributed by atoms with E-state index >= 15 is 0 Å². The topological polar surface area (TPSA) is 68.8 Å². The van der Waals surface area contributed by atoms with Crippen LogP contribution in [0.3, 0.4) is 0 Å². The summed E-state index contributed by atoms with van der Waals surface area (Å²) >= 11 is 0. The summed E-state index contributed by atoms with van der Waals surface area (Å²) in [5.74, 6) is 1.21. The third-order valence-corrected chi connectivity index (χ3v) is 3.54. The zero-order valence-corrected chi connectivity index (χ0v) is 12.6. The average molecular weight is 294 g/mol. The predicted octanol–water partition coefficient (Wildman–Crippen LogP) is 0.697. The number of carbonyl (C=O) groups excluding carboxylic acids is 1. The van der Waals surface area contributed by atoms with Gasteiger partial charge in [0, 0.05) is 18.7 Å². The highest BCUT2D eigenvalue weighted by molar-refractivity contribution is 5.82. The highest BCUT2D eigenvalue weighted by Gasteiger charge is 2.28. The molecule has 1 aliphatic rings. The number of carbonyl (C=O) groups is 1. The number of rotatable bonds is 5. The van der Waals surface area contributed by atoms with Gasteiger partial charge in [-0.2, -0.15) is 0 Å². The van der Waals surface area contributed by atoms with Crippen LogP contribution in [0.15, 0.2) is 18.2 Å². The van der Waals surface area contributed by atoms with Crippen molar-refractivity contribution in [1.82, 2.24) is 10.6 Å². The van der Waals surface area contributed by atoms with E-state index in [-0.39, 0.29) is 18.1 Å². The van der Waals surface area contributed by atoms with Gasteiger partial charge in [-0.15, -0.1) is 0 Å². The molecule has 2 N–H and O–H groups in total. The Morgan fingerprint density at radius 3 is 2.90 bits per heavy atom. The number of amides is 1. The lowest BCUT2D eigenvalue weighted by atomic mass is 10.1. The molecule has 1 aromatic rings. The van der Waals surface area contributed by atoms with E-state index in [0.29, 0.717) is 31.2 Å². The number of ether oxygens (including phenoxy) is 3. The zero-order valence-electron chi connectivity index (χ0n) is 12.6. The number of hydrogen-bond acceptors (Lipinski definition) is 5. The lowest BCUT2D eigenvalue weighted by molar-refractivity contribution is -0.129. The normalized spacial score (nSPS) is 21.7. The summed E-state index contributed by atoms with van der Waals surface area (Å²) in [5, 5.41) is 6.07. The molecule has 0 aliphatic carbocycles. The van der Waals surface area contributed by atoms with Crippen molar-refractivity contribution in [2.24, 2.45) is 0 Å². The Balaban J connectivity index is 2.01. The van der Waals surface area contributed by atoms with E-state index in [4.69, 9.17) is 14.2 Å². The minimum absolute atomic E-state index is 0.0768. The second kappa shape index (κ2) is 7.28. The second-order valence-corrected chi connectivity index (χ2v) is 4.88. The Bertz CT molecular complexity index is 493. The van der Waals surface area contributed by atoms with Crippen LogP contribution in [0.4, 0.5) is 0 Å². The molecule has 1 amide bonds. The number of methoxy groups -OCH3 is 2. The largest absolute Gasteiger partial charge is 0.493 e. The fraction of sp³-hybridized carbons (Fsp3) is 0.533.